The molecule has 8 nitrogen and oxygen atoms in total. The van der Waals surface area contributed by atoms with E-state index in [1.165, 1.54) is 28.6 Å². The SMILES string of the molecule is Cc1cc(C(=O)N2CCN(S(=O)(=O)c3ccc([N+](=O)[O-])cc3)CC2)c(C)s1. The number of nitro groups is 1. The number of nitro benzene ring substituents is 1. The van der Waals surface area contributed by atoms with Crippen LogP contribution in [-0.4, -0.2) is 54.6 Å². The minimum Gasteiger partial charge on any atom is -0.336 e. The van der Waals surface area contributed by atoms with E-state index in [0.29, 0.717) is 18.7 Å². The third-order valence-corrected chi connectivity index (χ3v) is 7.36. The molecule has 0 bridgehead atoms. The Morgan fingerprint density at radius 1 is 1.11 bits per heavy atom. The number of amides is 1. The van der Waals surface area contributed by atoms with Crippen molar-refractivity contribution in [1.29, 1.82) is 0 Å². The van der Waals surface area contributed by atoms with Gasteiger partial charge in [0.05, 0.1) is 15.4 Å². The normalized spacial score (nSPS) is 15.7. The third kappa shape index (κ3) is 3.87. The Hall–Kier alpha value is -2.30. The van der Waals surface area contributed by atoms with Crippen molar-refractivity contribution in [2.75, 3.05) is 26.2 Å². The highest BCUT2D eigenvalue weighted by atomic mass is 32.2. The summed E-state index contributed by atoms with van der Waals surface area (Å²) in [7, 11) is -3.75. The van der Waals surface area contributed by atoms with Gasteiger partial charge in [-0.2, -0.15) is 4.31 Å². The highest BCUT2D eigenvalue weighted by Crippen LogP contribution is 2.24. The molecule has 0 saturated carbocycles. The van der Waals surface area contributed by atoms with Crippen LogP contribution < -0.4 is 0 Å². The molecule has 1 aliphatic heterocycles. The van der Waals surface area contributed by atoms with Gasteiger partial charge in [0.1, 0.15) is 0 Å². The van der Waals surface area contributed by atoms with Crippen molar-refractivity contribution in [2.45, 2.75) is 18.7 Å². The van der Waals surface area contributed by atoms with Crippen LogP contribution in [0, 0.1) is 24.0 Å². The first kappa shape index (κ1) is 19.5. The van der Waals surface area contributed by atoms with Gasteiger partial charge in [0.25, 0.3) is 11.6 Å². The number of hydrogen-bond acceptors (Lipinski definition) is 6. The summed E-state index contributed by atoms with van der Waals surface area (Å²) in [6, 6.07) is 6.69. The Balaban J connectivity index is 1.70. The van der Waals surface area contributed by atoms with E-state index in [2.05, 4.69) is 0 Å². The lowest BCUT2D eigenvalue weighted by Crippen LogP contribution is -2.50. The predicted molar refractivity (Wildman–Crippen MR) is 102 cm³/mol. The molecule has 1 fully saturated rings. The number of piperazine rings is 1. The van der Waals surface area contributed by atoms with E-state index < -0.39 is 14.9 Å². The second kappa shape index (κ2) is 7.37. The molecule has 27 heavy (non-hydrogen) atoms. The van der Waals surface area contributed by atoms with Crippen LogP contribution in [-0.2, 0) is 10.0 Å². The number of carbonyl (C=O) groups is 1. The Bertz CT molecular complexity index is 974. The molecule has 3 rings (SSSR count). The molecule has 0 atom stereocenters. The number of hydrogen-bond donors (Lipinski definition) is 0. The first-order valence-electron chi connectivity index (χ1n) is 8.31. The van der Waals surface area contributed by atoms with Crippen molar-refractivity contribution in [3.63, 3.8) is 0 Å². The third-order valence-electron chi connectivity index (χ3n) is 4.48. The number of nitrogens with zero attached hydrogens (tertiary/aromatic N) is 3. The first-order chi connectivity index (χ1) is 12.7. The quantitative estimate of drug-likeness (QED) is 0.570. The van der Waals surface area contributed by atoms with Crippen LogP contribution in [0.2, 0.25) is 0 Å². The standard InChI is InChI=1S/C17H19N3O5S2/c1-12-11-16(13(2)26-12)17(21)18-7-9-19(10-8-18)27(24,25)15-5-3-14(4-6-15)20(22)23/h3-6,11H,7-10H2,1-2H3. The molecule has 10 heteroatoms. The van der Waals surface area contributed by atoms with Crippen molar-refractivity contribution in [1.82, 2.24) is 9.21 Å². The van der Waals surface area contributed by atoms with E-state index in [0.717, 1.165) is 9.75 Å². The molecule has 1 aromatic carbocycles. The maximum atomic E-state index is 12.7. The monoisotopic (exact) mass is 409 g/mol. The second-order valence-electron chi connectivity index (χ2n) is 6.27. The molecule has 1 saturated heterocycles. The van der Waals surface area contributed by atoms with Crippen molar-refractivity contribution in [2.24, 2.45) is 0 Å². The van der Waals surface area contributed by atoms with Gasteiger partial charge in [-0.15, -0.1) is 11.3 Å². The van der Waals surface area contributed by atoms with Crippen molar-refractivity contribution < 1.29 is 18.1 Å². The van der Waals surface area contributed by atoms with E-state index >= 15 is 0 Å². The molecule has 0 N–H and O–H groups in total. The molecule has 1 aliphatic rings. The van der Waals surface area contributed by atoms with Gasteiger partial charge in [0.2, 0.25) is 10.0 Å². The number of thiophene rings is 1. The fourth-order valence-electron chi connectivity index (χ4n) is 3.03. The Morgan fingerprint density at radius 2 is 1.70 bits per heavy atom. The predicted octanol–water partition coefficient (Wildman–Crippen LogP) is 2.42. The van der Waals surface area contributed by atoms with Gasteiger partial charge in [-0.05, 0) is 32.0 Å². The second-order valence-corrected chi connectivity index (χ2v) is 9.67. The number of aryl methyl sites for hydroxylation is 2. The largest absolute Gasteiger partial charge is 0.336 e. The summed E-state index contributed by atoms with van der Waals surface area (Å²) in [4.78, 5) is 26.5. The Kier molecular flexibility index (Phi) is 5.31. The zero-order valence-electron chi connectivity index (χ0n) is 14.9. The van der Waals surface area contributed by atoms with Crippen LogP contribution in [0.3, 0.4) is 0 Å². The molecular weight excluding hydrogens is 390 g/mol. The summed E-state index contributed by atoms with van der Waals surface area (Å²) >= 11 is 1.57. The molecule has 1 aromatic heterocycles. The summed E-state index contributed by atoms with van der Waals surface area (Å²) in [5.41, 5.74) is 0.509. The highest BCUT2D eigenvalue weighted by Gasteiger charge is 2.31. The van der Waals surface area contributed by atoms with E-state index in [-0.39, 0.29) is 29.6 Å². The average molecular weight is 409 g/mol. The van der Waals surface area contributed by atoms with Gasteiger partial charge in [-0.25, -0.2) is 8.42 Å². The Morgan fingerprint density at radius 3 is 2.19 bits per heavy atom. The van der Waals surface area contributed by atoms with Gasteiger partial charge < -0.3 is 4.90 Å². The van der Waals surface area contributed by atoms with Gasteiger partial charge in [-0.3, -0.25) is 14.9 Å². The maximum absolute atomic E-state index is 12.7. The topological polar surface area (TPSA) is 101 Å². The fraction of sp³-hybridized carbons (Fsp3) is 0.353. The lowest BCUT2D eigenvalue weighted by molar-refractivity contribution is -0.384. The molecule has 144 valence electrons. The molecular formula is C17H19N3O5S2. The summed E-state index contributed by atoms with van der Waals surface area (Å²) < 4.78 is 26.8. The van der Waals surface area contributed by atoms with Gasteiger partial charge in [0, 0.05) is 48.1 Å². The Labute approximate surface area is 161 Å². The summed E-state index contributed by atoms with van der Waals surface area (Å²) in [6.45, 7) is 4.84. The van der Waals surface area contributed by atoms with Crippen molar-refractivity contribution >= 4 is 33.0 Å². The maximum Gasteiger partial charge on any atom is 0.269 e. The zero-order valence-corrected chi connectivity index (χ0v) is 16.5. The molecule has 1 amide bonds. The average Bonchev–Trinajstić information content (AvgIpc) is 2.99. The van der Waals surface area contributed by atoms with Crippen LogP contribution in [0.25, 0.3) is 0 Å². The van der Waals surface area contributed by atoms with Crippen LogP contribution in [0.1, 0.15) is 20.1 Å². The van der Waals surface area contributed by atoms with Crippen LogP contribution in [0.5, 0.6) is 0 Å². The number of non-ortho nitro benzene ring substituents is 1. The van der Waals surface area contributed by atoms with Gasteiger partial charge in [-0.1, -0.05) is 0 Å². The lowest BCUT2D eigenvalue weighted by atomic mass is 10.2. The van der Waals surface area contributed by atoms with E-state index in [1.807, 2.05) is 19.9 Å². The number of sulfonamides is 1. The molecule has 0 unspecified atom stereocenters. The number of benzene rings is 1. The number of rotatable bonds is 4. The smallest absolute Gasteiger partial charge is 0.269 e. The minimum atomic E-state index is -3.75. The van der Waals surface area contributed by atoms with E-state index in [4.69, 9.17) is 0 Å². The van der Waals surface area contributed by atoms with Crippen LogP contribution in [0.4, 0.5) is 5.69 Å². The van der Waals surface area contributed by atoms with Gasteiger partial charge in [0.15, 0.2) is 0 Å². The molecule has 2 heterocycles. The molecule has 0 aliphatic carbocycles. The van der Waals surface area contributed by atoms with Crippen LogP contribution >= 0.6 is 11.3 Å². The van der Waals surface area contributed by atoms with Gasteiger partial charge >= 0.3 is 0 Å². The lowest BCUT2D eigenvalue weighted by Gasteiger charge is -2.34. The summed E-state index contributed by atoms with van der Waals surface area (Å²) in [5, 5.41) is 10.7. The van der Waals surface area contributed by atoms with E-state index in [9.17, 15) is 23.3 Å². The van der Waals surface area contributed by atoms with Crippen molar-refractivity contribution in [3.05, 3.63) is 55.8 Å². The first-order valence-corrected chi connectivity index (χ1v) is 10.6. The number of carbonyl (C=O) groups excluding carboxylic acids is 1. The molecule has 0 spiro atoms. The van der Waals surface area contributed by atoms with E-state index in [1.54, 1.807) is 16.2 Å². The molecule has 0 radical (unpaired) electrons. The summed E-state index contributed by atoms with van der Waals surface area (Å²) in [6.07, 6.45) is 0. The molecule has 2 aromatic rings. The summed E-state index contributed by atoms with van der Waals surface area (Å²) in [5.74, 6) is -0.0794. The van der Waals surface area contributed by atoms with Crippen molar-refractivity contribution in [3.8, 4) is 0 Å². The highest BCUT2D eigenvalue weighted by molar-refractivity contribution is 7.89. The zero-order chi connectivity index (χ0) is 19.8. The fourth-order valence-corrected chi connectivity index (χ4v) is 5.37. The van der Waals surface area contributed by atoms with Crippen LogP contribution in [0.15, 0.2) is 35.2 Å². The minimum absolute atomic E-state index is 0.0113.